The molecule has 1 aromatic carbocycles. The Balaban J connectivity index is 1.52. The van der Waals surface area contributed by atoms with Crippen molar-refractivity contribution in [3.8, 4) is 0 Å². The third kappa shape index (κ3) is 2.96. The van der Waals surface area contributed by atoms with Crippen LogP contribution >= 0.6 is 0 Å². The number of rotatable bonds is 4. The Kier molecular flexibility index (Phi) is 3.80. The third-order valence-corrected chi connectivity index (χ3v) is 3.92. The van der Waals surface area contributed by atoms with E-state index >= 15 is 0 Å². The van der Waals surface area contributed by atoms with Crippen LogP contribution in [0.5, 0.6) is 0 Å². The fourth-order valence-corrected chi connectivity index (χ4v) is 2.78. The number of carbonyl (C=O) groups is 1. The maximum atomic E-state index is 12.0. The molecule has 1 saturated heterocycles. The van der Waals surface area contributed by atoms with Gasteiger partial charge in [-0.2, -0.15) is 0 Å². The number of nitrogens with one attached hydrogen (secondary N) is 2. The first-order valence-electron chi connectivity index (χ1n) is 7.04. The molecule has 0 radical (unpaired) electrons. The number of hydrogen-bond acceptors (Lipinski definition) is 3. The molecule has 2 aliphatic heterocycles. The van der Waals surface area contributed by atoms with Gasteiger partial charge in [0.25, 0.3) is 5.91 Å². The highest BCUT2D eigenvalue weighted by atomic mass is 16.5. The fourth-order valence-electron chi connectivity index (χ4n) is 2.78. The second-order valence-electron chi connectivity index (χ2n) is 5.31. The van der Waals surface area contributed by atoms with Crippen molar-refractivity contribution in [3.05, 3.63) is 34.9 Å². The molecule has 1 amide bonds. The Hall–Kier alpha value is -1.39. The Morgan fingerprint density at radius 3 is 3.11 bits per heavy atom. The van der Waals surface area contributed by atoms with Gasteiger partial charge in [0.1, 0.15) is 0 Å². The van der Waals surface area contributed by atoms with Crippen molar-refractivity contribution < 1.29 is 9.53 Å². The number of benzene rings is 1. The lowest BCUT2D eigenvalue weighted by atomic mass is 10.1. The van der Waals surface area contributed by atoms with Gasteiger partial charge in [0.05, 0.1) is 13.2 Å². The molecule has 19 heavy (non-hydrogen) atoms. The molecule has 4 heteroatoms. The molecule has 102 valence electrons. The summed E-state index contributed by atoms with van der Waals surface area (Å²) in [6.07, 6.45) is 3.50. The number of hydrogen-bond donors (Lipinski definition) is 2. The van der Waals surface area contributed by atoms with Crippen LogP contribution in [0.2, 0.25) is 0 Å². The summed E-state index contributed by atoms with van der Waals surface area (Å²) in [7, 11) is 0. The summed E-state index contributed by atoms with van der Waals surface area (Å²) in [5.74, 6) is 0.0210. The minimum Gasteiger partial charge on any atom is -0.372 e. The van der Waals surface area contributed by atoms with Crippen molar-refractivity contribution in [2.24, 2.45) is 0 Å². The predicted molar refractivity (Wildman–Crippen MR) is 72.9 cm³/mol. The van der Waals surface area contributed by atoms with E-state index in [0.29, 0.717) is 19.3 Å². The van der Waals surface area contributed by atoms with Gasteiger partial charge in [-0.15, -0.1) is 0 Å². The lowest BCUT2D eigenvalue weighted by Crippen LogP contribution is -2.30. The second-order valence-corrected chi connectivity index (χ2v) is 5.31. The molecule has 2 N–H and O–H groups in total. The van der Waals surface area contributed by atoms with Crippen LogP contribution < -0.4 is 10.6 Å². The van der Waals surface area contributed by atoms with E-state index < -0.39 is 0 Å². The zero-order valence-electron chi connectivity index (χ0n) is 11.1. The summed E-state index contributed by atoms with van der Waals surface area (Å²) in [6.45, 7) is 3.15. The Morgan fingerprint density at radius 2 is 2.26 bits per heavy atom. The molecule has 1 aromatic rings. The molecule has 0 aromatic heterocycles. The normalized spacial score (nSPS) is 21.4. The highest BCUT2D eigenvalue weighted by Crippen LogP contribution is 2.20. The van der Waals surface area contributed by atoms with Crippen molar-refractivity contribution in [1.82, 2.24) is 10.6 Å². The Labute approximate surface area is 113 Å². The van der Waals surface area contributed by atoms with Crippen LogP contribution in [-0.4, -0.2) is 25.0 Å². The highest BCUT2D eigenvalue weighted by molar-refractivity contribution is 5.94. The van der Waals surface area contributed by atoms with Crippen LogP contribution in [0, 0.1) is 0 Å². The van der Waals surface area contributed by atoms with Crippen molar-refractivity contribution in [2.45, 2.75) is 38.5 Å². The first-order chi connectivity index (χ1) is 9.33. The van der Waals surface area contributed by atoms with Gasteiger partial charge in [0.15, 0.2) is 0 Å². The Bertz CT molecular complexity index is 467. The van der Waals surface area contributed by atoms with E-state index in [4.69, 9.17) is 4.74 Å². The van der Waals surface area contributed by atoms with Gasteiger partial charge < -0.3 is 15.4 Å². The molecule has 0 unspecified atom stereocenters. The minimum atomic E-state index is 0.0210. The molecule has 2 heterocycles. The summed E-state index contributed by atoms with van der Waals surface area (Å²) in [4.78, 5) is 12.0. The molecule has 0 spiro atoms. The van der Waals surface area contributed by atoms with Gasteiger partial charge in [0, 0.05) is 18.2 Å². The van der Waals surface area contributed by atoms with Gasteiger partial charge in [-0.1, -0.05) is 6.07 Å². The fraction of sp³-hybridized carbons (Fsp3) is 0.533. The van der Waals surface area contributed by atoms with Gasteiger partial charge in [0.2, 0.25) is 0 Å². The summed E-state index contributed by atoms with van der Waals surface area (Å²) in [6, 6.07) is 6.41. The molecule has 1 fully saturated rings. The molecular weight excluding hydrogens is 240 g/mol. The van der Waals surface area contributed by atoms with E-state index in [1.54, 1.807) is 0 Å². The van der Waals surface area contributed by atoms with Crippen LogP contribution in [0.15, 0.2) is 18.2 Å². The molecule has 0 bridgehead atoms. The van der Waals surface area contributed by atoms with Gasteiger partial charge >= 0.3 is 0 Å². The second kappa shape index (κ2) is 5.72. The van der Waals surface area contributed by atoms with Gasteiger partial charge in [-0.3, -0.25) is 4.79 Å². The summed E-state index contributed by atoms with van der Waals surface area (Å²) in [5.41, 5.74) is 3.08. The van der Waals surface area contributed by atoms with E-state index in [1.165, 1.54) is 18.4 Å². The van der Waals surface area contributed by atoms with Gasteiger partial charge in [-0.05, 0) is 49.1 Å². The molecule has 0 aliphatic carbocycles. The monoisotopic (exact) mass is 260 g/mol. The van der Waals surface area contributed by atoms with Crippen LogP contribution in [-0.2, 0) is 18.0 Å². The molecule has 0 saturated carbocycles. The number of carbonyl (C=O) groups excluding carboxylic acids is 1. The molecular formula is C15H20N2O2. The van der Waals surface area contributed by atoms with E-state index in [0.717, 1.165) is 30.6 Å². The smallest absolute Gasteiger partial charge is 0.251 e. The van der Waals surface area contributed by atoms with Crippen LogP contribution in [0.1, 0.15) is 40.7 Å². The van der Waals surface area contributed by atoms with Crippen LogP contribution in [0.25, 0.3) is 0 Å². The lowest BCUT2D eigenvalue weighted by molar-refractivity contribution is 0.0952. The highest BCUT2D eigenvalue weighted by Gasteiger charge is 2.16. The zero-order valence-corrected chi connectivity index (χ0v) is 11.1. The lowest BCUT2D eigenvalue weighted by Gasteiger charge is -2.11. The van der Waals surface area contributed by atoms with Crippen molar-refractivity contribution in [1.29, 1.82) is 0 Å². The summed E-state index contributed by atoms with van der Waals surface area (Å²) >= 11 is 0. The largest absolute Gasteiger partial charge is 0.372 e. The first kappa shape index (κ1) is 12.6. The SMILES string of the molecule is O=C(NCC[C@@H]1CCCN1)c1ccc2c(c1)COC2. The molecule has 2 aliphatic rings. The maximum absolute atomic E-state index is 12.0. The van der Waals surface area contributed by atoms with E-state index in [9.17, 15) is 4.79 Å². The van der Waals surface area contributed by atoms with Crippen LogP contribution in [0.3, 0.4) is 0 Å². The number of ether oxygens (including phenoxy) is 1. The molecule has 1 atom stereocenters. The third-order valence-electron chi connectivity index (χ3n) is 3.92. The van der Waals surface area contributed by atoms with Gasteiger partial charge in [-0.25, -0.2) is 0 Å². The molecule has 4 nitrogen and oxygen atoms in total. The summed E-state index contributed by atoms with van der Waals surface area (Å²) in [5, 5.41) is 6.43. The number of amides is 1. The first-order valence-corrected chi connectivity index (χ1v) is 7.04. The Morgan fingerprint density at radius 1 is 1.37 bits per heavy atom. The average molecular weight is 260 g/mol. The minimum absolute atomic E-state index is 0.0210. The van der Waals surface area contributed by atoms with Crippen molar-refractivity contribution in [2.75, 3.05) is 13.1 Å². The maximum Gasteiger partial charge on any atom is 0.251 e. The predicted octanol–water partition coefficient (Wildman–Crippen LogP) is 1.59. The van der Waals surface area contributed by atoms with Crippen LogP contribution in [0.4, 0.5) is 0 Å². The quantitative estimate of drug-likeness (QED) is 0.864. The number of fused-ring (bicyclic) bond motifs is 1. The van der Waals surface area contributed by atoms with E-state index in [2.05, 4.69) is 10.6 Å². The van der Waals surface area contributed by atoms with E-state index in [1.807, 2.05) is 18.2 Å². The zero-order chi connectivity index (χ0) is 13.1. The standard InChI is InChI=1S/C15H20N2O2/c18-15(17-7-5-14-2-1-6-16-14)11-3-4-12-9-19-10-13(12)8-11/h3-4,8,14,16H,1-2,5-7,9-10H2,(H,17,18)/t14-/m0/s1. The molecule has 3 rings (SSSR count). The van der Waals surface area contributed by atoms with E-state index in [-0.39, 0.29) is 5.91 Å². The average Bonchev–Trinajstić information content (AvgIpc) is 3.08. The summed E-state index contributed by atoms with van der Waals surface area (Å²) < 4.78 is 5.36. The van der Waals surface area contributed by atoms with Crippen molar-refractivity contribution in [3.63, 3.8) is 0 Å². The van der Waals surface area contributed by atoms with Crippen molar-refractivity contribution >= 4 is 5.91 Å². The topological polar surface area (TPSA) is 50.4 Å².